The highest BCUT2D eigenvalue weighted by molar-refractivity contribution is 7.57. The van der Waals surface area contributed by atoms with Crippen LogP contribution < -0.4 is 78.3 Å². The van der Waals surface area contributed by atoms with Crippen LogP contribution in [0.5, 0.6) is 0 Å². The molecule has 0 fully saturated rings. The van der Waals surface area contributed by atoms with Crippen LogP contribution in [0.1, 0.15) is 474 Å². The fourth-order valence-electron chi connectivity index (χ4n) is 13.5. The van der Waals surface area contributed by atoms with Gasteiger partial charge in [0.2, 0.25) is 0 Å². The summed E-state index contributed by atoms with van der Waals surface area (Å²) in [4.78, 5) is 89.3. The van der Waals surface area contributed by atoms with Crippen molar-refractivity contribution in [1.82, 2.24) is 0 Å². The molecule has 0 amide bonds. The summed E-state index contributed by atoms with van der Waals surface area (Å²) in [6, 6.07) is 0. The van der Waals surface area contributed by atoms with Crippen molar-refractivity contribution in [3.8, 4) is 0 Å². The SMILES string of the molecule is CCCC[NH+](CCCC)CCCC.CCCC[NH+](CCCC)CCCC.CCCC[NH+](CCCC)CCCC.CCCC[NH+](CCCC)CCCC.CCCC[NH+](CCCC)CCCC.CCCC[NH+](CCCC)CCCC.CCCC[NH+](CCCC)CCCC.CCCC[NH+](CCCC)CCCC.O=P([O-])([O-])OP(=O)([O-])[O-].O=P([O-])([O-])OP(=O)([O-])[O-]. The van der Waals surface area contributed by atoms with Crippen molar-refractivity contribution < 1.29 is 105 Å². The van der Waals surface area contributed by atoms with E-state index in [1.54, 1.807) is 0 Å². The van der Waals surface area contributed by atoms with Gasteiger partial charge in [-0.3, -0.25) is 0 Å². The molecule has 0 aliphatic heterocycles. The van der Waals surface area contributed by atoms with E-state index in [2.05, 4.69) is 175 Å². The molecule has 0 bridgehead atoms. The molecule has 752 valence electrons. The van der Waals surface area contributed by atoms with Crippen LogP contribution in [0.3, 0.4) is 0 Å². The largest absolute Gasteiger partial charge is 0.790 e. The summed E-state index contributed by atoms with van der Waals surface area (Å²) in [5.74, 6) is 0. The third kappa shape index (κ3) is 146. The van der Waals surface area contributed by atoms with Gasteiger partial charge >= 0.3 is 0 Å². The number of rotatable bonds is 76. The van der Waals surface area contributed by atoms with E-state index in [4.69, 9.17) is 0 Å². The van der Waals surface area contributed by atoms with E-state index in [1.165, 1.54) is 465 Å². The predicted molar refractivity (Wildman–Crippen MR) is 515 cm³/mol. The molecule has 0 radical (unpaired) electrons. The Hall–Kier alpha value is 0.200. The summed E-state index contributed by atoms with van der Waals surface area (Å²) >= 11 is 0. The van der Waals surface area contributed by atoms with Crippen molar-refractivity contribution in [3.05, 3.63) is 0 Å². The minimum Gasteiger partial charge on any atom is -0.790 e. The molecule has 122 heavy (non-hydrogen) atoms. The first kappa shape index (κ1) is 143. The van der Waals surface area contributed by atoms with Crippen molar-refractivity contribution in [2.24, 2.45) is 0 Å². The predicted octanol–water partition coefficient (Wildman–Crippen LogP) is 11.5. The summed E-state index contributed by atoms with van der Waals surface area (Å²) < 4.78 is 42.3. The number of quaternary nitrogens is 8. The minimum atomic E-state index is -5.68. The van der Waals surface area contributed by atoms with E-state index in [-0.39, 0.29) is 0 Å². The van der Waals surface area contributed by atoms with Crippen molar-refractivity contribution in [3.63, 3.8) is 0 Å². The molecule has 0 heterocycles. The Morgan fingerprint density at radius 1 is 0.131 bits per heavy atom. The molecular formula is C96H224N8O14P4. The van der Waals surface area contributed by atoms with Crippen LogP contribution >= 0.6 is 31.3 Å². The zero-order valence-electron chi connectivity index (χ0n) is 86.4. The second-order valence-electron chi connectivity index (χ2n) is 34.4. The summed E-state index contributed by atoms with van der Waals surface area (Å²) in [6.45, 7) is 88.5. The maximum atomic E-state index is 9.32. The molecule has 0 aliphatic rings. The number of unbranched alkanes of at least 4 members (excludes halogenated alkanes) is 24. The lowest BCUT2D eigenvalue weighted by atomic mass is 10.2. The fraction of sp³-hybridized carbons (Fsp3) is 1.00. The quantitative estimate of drug-likeness (QED) is 0.0263. The topological polar surface area (TPSA) is 307 Å². The number of hydrogen-bond donors (Lipinski definition) is 8. The Kier molecular flexibility index (Phi) is 137. The van der Waals surface area contributed by atoms with E-state index in [0.29, 0.717) is 0 Å². The first-order chi connectivity index (χ1) is 58.2. The Morgan fingerprint density at radius 2 is 0.180 bits per heavy atom. The van der Waals surface area contributed by atoms with Crippen LogP contribution in [0, 0.1) is 0 Å². The molecule has 0 aromatic rings. The molecule has 22 nitrogen and oxygen atoms in total. The first-order valence-electron chi connectivity index (χ1n) is 52.4. The highest BCUT2D eigenvalue weighted by atomic mass is 31.3. The molecule has 0 spiro atoms. The summed E-state index contributed by atoms with van der Waals surface area (Å²) in [5, 5.41) is 0. The first-order valence-corrected chi connectivity index (χ1v) is 58.2. The van der Waals surface area contributed by atoms with E-state index >= 15 is 0 Å². The summed E-state index contributed by atoms with van der Waals surface area (Å²) in [5.41, 5.74) is 0. The van der Waals surface area contributed by atoms with E-state index < -0.39 is 31.3 Å². The monoisotopic (exact) mass is 1840 g/mol. The van der Waals surface area contributed by atoms with Crippen LogP contribution in [0.2, 0.25) is 0 Å². The van der Waals surface area contributed by atoms with Crippen LogP contribution in [-0.2, 0) is 26.9 Å². The van der Waals surface area contributed by atoms with Gasteiger partial charge in [-0.1, -0.05) is 320 Å². The van der Waals surface area contributed by atoms with Gasteiger partial charge in [-0.25, -0.2) is 0 Å². The smallest absolute Gasteiger partial charge is 0.0770 e. The van der Waals surface area contributed by atoms with Gasteiger partial charge in [0.1, 0.15) is 0 Å². The maximum Gasteiger partial charge on any atom is 0.0770 e. The Labute approximate surface area is 763 Å². The lowest BCUT2D eigenvalue weighted by Gasteiger charge is -2.39. The lowest BCUT2D eigenvalue weighted by Crippen LogP contribution is -3.12. The number of hydrogen-bond acceptors (Lipinski definition) is 14. The number of nitrogens with one attached hydrogen (secondary N) is 8. The highest BCUT2D eigenvalue weighted by Crippen LogP contribution is 2.43. The van der Waals surface area contributed by atoms with E-state index in [9.17, 15) is 57.4 Å². The molecule has 26 heteroatoms. The molecule has 0 unspecified atom stereocenters. The maximum absolute atomic E-state index is 9.32. The molecule has 0 atom stereocenters. The van der Waals surface area contributed by atoms with Crippen molar-refractivity contribution in [2.75, 3.05) is 157 Å². The Morgan fingerprint density at radius 3 is 0.205 bits per heavy atom. The van der Waals surface area contributed by atoms with E-state index in [1.807, 2.05) is 39.2 Å². The molecule has 8 N–H and O–H groups in total. The third-order valence-electron chi connectivity index (χ3n) is 21.6. The van der Waals surface area contributed by atoms with Gasteiger partial charge in [0.05, 0.1) is 188 Å². The zero-order valence-corrected chi connectivity index (χ0v) is 90.0. The average molecular weight is 1840 g/mol. The molecule has 0 saturated carbocycles. The van der Waals surface area contributed by atoms with Gasteiger partial charge in [-0.2, -0.15) is 0 Å². The molecule has 0 aliphatic carbocycles. The zero-order chi connectivity index (χ0) is 94.9. The van der Waals surface area contributed by atoms with Gasteiger partial charge in [0, 0.05) is 0 Å². The van der Waals surface area contributed by atoms with Gasteiger partial charge in [-0.15, -0.1) is 0 Å². The summed E-state index contributed by atoms with van der Waals surface area (Å²) in [7, 11) is -22.7. The number of phosphoric acid groups is 4. The second-order valence-corrected chi connectivity index (χ2v) is 39.3. The average Bonchev–Trinajstić information content (AvgIpc) is 0.916. The van der Waals surface area contributed by atoms with E-state index in [0.717, 1.165) is 0 Å². The van der Waals surface area contributed by atoms with Crippen LogP contribution in [0.25, 0.3) is 0 Å². The summed E-state index contributed by atoms with van der Waals surface area (Å²) in [6.07, 6.45) is 66.1. The van der Waals surface area contributed by atoms with Crippen LogP contribution in [0.4, 0.5) is 0 Å². The van der Waals surface area contributed by atoms with Gasteiger partial charge in [0.15, 0.2) is 0 Å². The highest BCUT2D eigenvalue weighted by Gasteiger charge is 2.13. The molecular weight excluding hydrogens is 1610 g/mol. The Bertz CT molecular complexity index is 1520. The van der Waals surface area contributed by atoms with Crippen LogP contribution in [-0.4, -0.2) is 157 Å². The van der Waals surface area contributed by atoms with Crippen molar-refractivity contribution >= 4 is 31.3 Å². The van der Waals surface area contributed by atoms with Crippen molar-refractivity contribution in [2.45, 2.75) is 474 Å². The second kappa shape index (κ2) is 117. The third-order valence-corrected chi connectivity index (χ3v) is 24.8. The molecule has 0 aromatic carbocycles. The van der Waals surface area contributed by atoms with Gasteiger partial charge < -0.3 is 105 Å². The minimum absolute atomic E-state index is 1.35. The normalized spacial score (nSPS) is 11.5. The lowest BCUT2D eigenvalue weighted by molar-refractivity contribution is -0.900. The molecule has 0 aromatic heterocycles. The standard InChI is InChI=1S/8C12H27N.2H4O7P2/c8*1-4-7-10-13(11-8-5-2)12-9-6-3;2*1-8(2,3)7-9(4,5)6/h8*4-12H2,1-3H3;2*(H2,1,2,3)(H2,4,5,6). The molecule has 0 saturated heterocycles. The van der Waals surface area contributed by atoms with Gasteiger partial charge in [0.25, 0.3) is 0 Å². The van der Waals surface area contributed by atoms with Gasteiger partial charge in [-0.05, 0) is 154 Å². The Balaban J connectivity index is -0.000000143. The van der Waals surface area contributed by atoms with Crippen LogP contribution in [0.15, 0.2) is 0 Å². The fourth-order valence-corrected chi connectivity index (χ4v) is 15.4. The molecule has 0 rings (SSSR count). The van der Waals surface area contributed by atoms with Crippen molar-refractivity contribution in [1.29, 1.82) is 0 Å².